The standard InChI is InChI=1S/C24H18F3N3O/c25-24(26,27)19-6-3-5-18(15-19)16-9-11-17(12-10-16)22-29-21-8-2-1-7-20(21)23(30-22)28-13-4-14-31/h1-3,5-12,14-15H,4,13H2,(H,28,29,30). The second-order valence-electron chi connectivity index (χ2n) is 6.95. The van der Waals surface area contributed by atoms with Gasteiger partial charge in [0.25, 0.3) is 0 Å². The van der Waals surface area contributed by atoms with Crippen LogP contribution in [-0.2, 0) is 11.0 Å². The van der Waals surface area contributed by atoms with Gasteiger partial charge in [-0.1, -0.05) is 48.5 Å². The van der Waals surface area contributed by atoms with E-state index in [9.17, 15) is 18.0 Å². The van der Waals surface area contributed by atoms with Gasteiger partial charge in [0, 0.05) is 23.9 Å². The number of carbonyl (C=O) groups excluding carboxylic acids is 1. The van der Waals surface area contributed by atoms with Crippen molar-refractivity contribution in [1.82, 2.24) is 9.97 Å². The molecule has 0 radical (unpaired) electrons. The van der Waals surface area contributed by atoms with Gasteiger partial charge in [0.1, 0.15) is 12.1 Å². The first-order chi connectivity index (χ1) is 15.0. The van der Waals surface area contributed by atoms with E-state index in [1.807, 2.05) is 24.3 Å². The fraction of sp³-hybridized carbons (Fsp3) is 0.125. The Bertz CT molecular complexity index is 1220. The van der Waals surface area contributed by atoms with Crippen LogP contribution in [0.3, 0.4) is 0 Å². The van der Waals surface area contributed by atoms with Crippen molar-refractivity contribution in [2.75, 3.05) is 11.9 Å². The number of nitrogens with zero attached hydrogens (tertiary/aromatic N) is 2. The fourth-order valence-electron chi connectivity index (χ4n) is 3.28. The van der Waals surface area contributed by atoms with Gasteiger partial charge in [-0.25, -0.2) is 9.97 Å². The second kappa shape index (κ2) is 8.55. The normalized spacial score (nSPS) is 11.5. The number of benzene rings is 3. The molecule has 1 heterocycles. The molecule has 1 N–H and O–H groups in total. The summed E-state index contributed by atoms with van der Waals surface area (Å²) in [7, 11) is 0. The zero-order valence-electron chi connectivity index (χ0n) is 16.4. The Morgan fingerprint density at radius 2 is 1.58 bits per heavy atom. The second-order valence-corrected chi connectivity index (χ2v) is 6.95. The number of para-hydroxylation sites is 1. The van der Waals surface area contributed by atoms with Crippen molar-refractivity contribution in [3.63, 3.8) is 0 Å². The van der Waals surface area contributed by atoms with E-state index in [1.165, 1.54) is 6.07 Å². The molecule has 7 heteroatoms. The summed E-state index contributed by atoms with van der Waals surface area (Å²) < 4.78 is 39.0. The lowest BCUT2D eigenvalue weighted by atomic mass is 10.0. The number of carbonyl (C=O) groups is 1. The SMILES string of the molecule is O=CCCNc1nc(-c2ccc(-c3cccc(C(F)(F)F)c3)cc2)nc2ccccc12. The van der Waals surface area contributed by atoms with Crippen LogP contribution in [0.15, 0.2) is 72.8 Å². The minimum absolute atomic E-state index is 0.360. The van der Waals surface area contributed by atoms with Gasteiger partial charge in [-0.2, -0.15) is 13.2 Å². The minimum Gasteiger partial charge on any atom is -0.369 e. The van der Waals surface area contributed by atoms with Crippen LogP contribution < -0.4 is 5.32 Å². The van der Waals surface area contributed by atoms with Crippen LogP contribution in [0.2, 0.25) is 0 Å². The average Bonchev–Trinajstić information content (AvgIpc) is 2.79. The molecule has 4 rings (SSSR count). The summed E-state index contributed by atoms with van der Waals surface area (Å²) in [5.74, 6) is 1.12. The number of fused-ring (bicyclic) bond motifs is 1. The molecule has 0 aliphatic heterocycles. The van der Waals surface area contributed by atoms with Crippen molar-refractivity contribution >= 4 is 23.0 Å². The minimum atomic E-state index is -4.39. The molecule has 0 bridgehead atoms. The van der Waals surface area contributed by atoms with E-state index in [4.69, 9.17) is 0 Å². The number of halogens is 3. The van der Waals surface area contributed by atoms with E-state index < -0.39 is 11.7 Å². The molecule has 0 unspecified atom stereocenters. The maximum Gasteiger partial charge on any atom is 0.416 e. The van der Waals surface area contributed by atoms with E-state index in [-0.39, 0.29) is 0 Å². The first-order valence-electron chi connectivity index (χ1n) is 9.68. The Morgan fingerprint density at radius 1 is 0.839 bits per heavy atom. The predicted molar refractivity (Wildman–Crippen MR) is 115 cm³/mol. The molecule has 156 valence electrons. The molecule has 4 aromatic rings. The zero-order chi connectivity index (χ0) is 21.8. The van der Waals surface area contributed by atoms with Crippen LogP contribution in [0.25, 0.3) is 33.4 Å². The van der Waals surface area contributed by atoms with Gasteiger partial charge in [0.05, 0.1) is 11.1 Å². The summed E-state index contributed by atoms with van der Waals surface area (Å²) in [5.41, 5.74) is 1.96. The van der Waals surface area contributed by atoms with Crippen LogP contribution in [-0.4, -0.2) is 22.8 Å². The van der Waals surface area contributed by atoms with E-state index in [0.717, 1.165) is 34.9 Å². The lowest BCUT2D eigenvalue weighted by molar-refractivity contribution is -0.137. The summed E-state index contributed by atoms with van der Waals surface area (Å²) in [5, 5.41) is 4.01. The first kappa shape index (κ1) is 20.5. The number of hydrogen-bond donors (Lipinski definition) is 1. The van der Waals surface area contributed by atoms with Crippen LogP contribution in [0.4, 0.5) is 19.0 Å². The molecule has 0 amide bonds. The lowest BCUT2D eigenvalue weighted by Crippen LogP contribution is -2.06. The van der Waals surface area contributed by atoms with Crippen LogP contribution in [0.5, 0.6) is 0 Å². The zero-order valence-corrected chi connectivity index (χ0v) is 16.4. The van der Waals surface area contributed by atoms with Crippen molar-refractivity contribution in [3.8, 4) is 22.5 Å². The molecule has 0 spiro atoms. The average molecular weight is 421 g/mol. The number of nitrogens with one attached hydrogen (secondary N) is 1. The molecule has 0 saturated carbocycles. The highest BCUT2D eigenvalue weighted by molar-refractivity contribution is 5.90. The summed E-state index contributed by atoms with van der Waals surface area (Å²) in [6.07, 6.45) is -3.19. The highest BCUT2D eigenvalue weighted by atomic mass is 19.4. The molecular weight excluding hydrogens is 403 g/mol. The van der Waals surface area contributed by atoms with Gasteiger partial charge in [-0.3, -0.25) is 0 Å². The van der Waals surface area contributed by atoms with Crippen molar-refractivity contribution in [1.29, 1.82) is 0 Å². The Morgan fingerprint density at radius 3 is 2.32 bits per heavy atom. The highest BCUT2D eigenvalue weighted by Crippen LogP contribution is 2.33. The quantitative estimate of drug-likeness (QED) is 0.307. The van der Waals surface area contributed by atoms with Crippen molar-refractivity contribution in [2.45, 2.75) is 12.6 Å². The van der Waals surface area contributed by atoms with E-state index in [1.54, 1.807) is 30.3 Å². The summed E-state index contributed by atoms with van der Waals surface area (Å²) in [4.78, 5) is 19.9. The van der Waals surface area contributed by atoms with Crippen molar-refractivity contribution in [2.24, 2.45) is 0 Å². The Kier molecular flexibility index (Phi) is 5.66. The van der Waals surface area contributed by atoms with E-state index in [0.29, 0.717) is 35.7 Å². The molecule has 0 atom stereocenters. The fourth-order valence-corrected chi connectivity index (χ4v) is 3.28. The molecule has 0 saturated heterocycles. The number of alkyl halides is 3. The number of hydrogen-bond acceptors (Lipinski definition) is 4. The topological polar surface area (TPSA) is 54.9 Å². The third-order valence-corrected chi connectivity index (χ3v) is 4.82. The van der Waals surface area contributed by atoms with Gasteiger partial charge in [0.15, 0.2) is 5.82 Å². The maximum absolute atomic E-state index is 13.0. The predicted octanol–water partition coefficient (Wildman–Crippen LogP) is 5.98. The largest absolute Gasteiger partial charge is 0.416 e. The highest BCUT2D eigenvalue weighted by Gasteiger charge is 2.30. The summed E-state index contributed by atoms with van der Waals surface area (Å²) >= 11 is 0. The third kappa shape index (κ3) is 4.55. The monoisotopic (exact) mass is 421 g/mol. The summed E-state index contributed by atoms with van der Waals surface area (Å²) in [6.45, 7) is 0.457. The molecule has 0 fully saturated rings. The third-order valence-electron chi connectivity index (χ3n) is 4.82. The summed E-state index contributed by atoms with van der Waals surface area (Å²) in [6, 6.07) is 19.9. The van der Waals surface area contributed by atoms with E-state index in [2.05, 4.69) is 15.3 Å². The van der Waals surface area contributed by atoms with Gasteiger partial charge >= 0.3 is 6.18 Å². The van der Waals surface area contributed by atoms with E-state index >= 15 is 0 Å². The molecule has 0 aliphatic rings. The molecule has 4 nitrogen and oxygen atoms in total. The van der Waals surface area contributed by atoms with Gasteiger partial charge in [0.2, 0.25) is 0 Å². The Labute approximate surface area is 176 Å². The smallest absolute Gasteiger partial charge is 0.369 e. The molecule has 1 aromatic heterocycles. The van der Waals surface area contributed by atoms with Crippen molar-refractivity contribution < 1.29 is 18.0 Å². The van der Waals surface area contributed by atoms with Gasteiger partial charge in [-0.15, -0.1) is 0 Å². The number of aromatic nitrogens is 2. The Hall–Kier alpha value is -3.74. The first-order valence-corrected chi connectivity index (χ1v) is 9.68. The molecule has 0 aliphatic carbocycles. The van der Waals surface area contributed by atoms with Gasteiger partial charge < -0.3 is 10.1 Å². The van der Waals surface area contributed by atoms with Crippen molar-refractivity contribution in [3.05, 3.63) is 78.4 Å². The lowest BCUT2D eigenvalue weighted by Gasteiger charge is -2.11. The number of rotatable bonds is 6. The van der Waals surface area contributed by atoms with Crippen LogP contribution >= 0.6 is 0 Å². The molecular formula is C24H18F3N3O. The van der Waals surface area contributed by atoms with Crippen LogP contribution in [0.1, 0.15) is 12.0 Å². The Balaban J connectivity index is 1.68. The number of anilines is 1. The molecule has 31 heavy (non-hydrogen) atoms. The van der Waals surface area contributed by atoms with Crippen LogP contribution in [0, 0.1) is 0 Å². The van der Waals surface area contributed by atoms with Gasteiger partial charge in [-0.05, 0) is 35.4 Å². The number of aldehydes is 1. The maximum atomic E-state index is 13.0. The molecule has 3 aromatic carbocycles.